The zero-order valence-electron chi connectivity index (χ0n) is 11.1. The number of nitrogens with two attached hydrogens (primary N) is 1. The Hall–Kier alpha value is -1.50. The maximum absolute atomic E-state index is 11.7. The molecule has 2 N–H and O–H groups in total. The van der Waals surface area contributed by atoms with Crippen molar-refractivity contribution >= 4 is 11.8 Å². The summed E-state index contributed by atoms with van der Waals surface area (Å²) in [5, 5.41) is 0. The van der Waals surface area contributed by atoms with E-state index in [1.54, 1.807) is 6.92 Å². The zero-order chi connectivity index (χ0) is 13.4. The third-order valence-electron chi connectivity index (χ3n) is 3.40. The summed E-state index contributed by atoms with van der Waals surface area (Å²) in [6.07, 6.45) is 7.30. The smallest absolute Gasteiger partial charge is 0.298 e. The SMILES string of the molecule is CC#CC(=O)N(CCC1CCCCC1)CC(N)=O. The molecule has 0 saturated heterocycles. The van der Waals surface area contributed by atoms with Crippen LogP contribution in [0.25, 0.3) is 0 Å². The summed E-state index contributed by atoms with van der Waals surface area (Å²) in [4.78, 5) is 24.1. The standard InChI is InChI=1S/C14H22N2O2/c1-2-6-14(18)16(11-13(15)17)10-9-12-7-4-3-5-8-12/h12H,3-5,7-11H2,1H3,(H2,15,17). The first-order chi connectivity index (χ1) is 8.63. The van der Waals surface area contributed by atoms with E-state index in [9.17, 15) is 9.59 Å². The second kappa shape index (κ2) is 7.75. The Labute approximate surface area is 109 Å². The lowest BCUT2D eigenvalue weighted by Crippen LogP contribution is -2.39. The first-order valence-corrected chi connectivity index (χ1v) is 6.63. The molecule has 0 aliphatic heterocycles. The maximum atomic E-state index is 11.7. The topological polar surface area (TPSA) is 63.4 Å². The van der Waals surface area contributed by atoms with Gasteiger partial charge in [-0.3, -0.25) is 9.59 Å². The van der Waals surface area contributed by atoms with Crippen LogP contribution in [0.4, 0.5) is 0 Å². The highest BCUT2D eigenvalue weighted by molar-refractivity contribution is 5.95. The molecule has 0 atom stereocenters. The fourth-order valence-electron chi connectivity index (χ4n) is 2.44. The number of carbonyl (C=O) groups is 2. The molecule has 4 heteroatoms. The predicted octanol–water partition coefficient (Wildman–Crippen LogP) is 1.29. The summed E-state index contributed by atoms with van der Waals surface area (Å²) in [6.45, 7) is 2.17. The average Bonchev–Trinajstić information content (AvgIpc) is 2.35. The highest BCUT2D eigenvalue weighted by Gasteiger charge is 2.18. The maximum Gasteiger partial charge on any atom is 0.298 e. The molecule has 0 radical (unpaired) electrons. The first-order valence-electron chi connectivity index (χ1n) is 6.63. The Bertz CT molecular complexity index is 349. The van der Waals surface area contributed by atoms with Crippen LogP contribution < -0.4 is 5.73 Å². The molecule has 18 heavy (non-hydrogen) atoms. The lowest BCUT2D eigenvalue weighted by atomic mass is 9.87. The van der Waals surface area contributed by atoms with Gasteiger partial charge in [-0.15, -0.1) is 0 Å². The van der Waals surface area contributed by atoms with Crippen molar-refractivity contribution in [2.75, 3.05) is 13.1 Å². The number of hydrogen-bond donors (Lipinski definition) is 1. The normalized spacial score (nSPS) is 15.6. The van der Waals surface area contributed by atoms with Gasteiger partial charge in [-0.05, 0) is 25.2 Å². The van der Waals surface area contributed by atoms with E-state index < -0.39 is 5.91 Å². The van der Waals surface area contributed by atoms with E-state index in [2.05, 4.69) is 11.8 Å². The Kier molecular flexibility index (Phi) is 6.27. The van der Waals surface area contributed by atoms with Gasteiger partial charge in [0.25, 0.3) is 5.91 Å². The van der Waals surface area contributed by atoms with Gasteiger partial charge in [0.05, 0.1) is 0 Å². The Morgan fingerprint density at radius 3 is 2.50 bits per heavy atom. The van der Waals surface area contributed by atoms with Crippen molar-refractivity contribution in [3.8, 4) is 11.8 Å². The van der Waals surface area contributed by atoms with Crippen LogP contribution in [0.3, 0.4) is 0 Å². The number of nitrogens with zero attached hydrogens (tertiary/aromatic N) is 1. The van der Waals surface area contributed by atoms with E-state index in [1.807, 2.05) is 0 Å². The Balaban J connectivity index is 2.45. The predicted molar refractivity (Wildman–Crippen MR) is 70.4 cm³/mol. The molecule has 100 valence electrons. The summed E-state index contributed by atoms with van der Waals surface area (Å²) in [5.74, 6) is 4.93. The minimum Gasteiger partial charge on any atom is -0.368 e. The second-order valence-corrected chi connectivity index (χ2v) is 4.86. The molecular formula is C14H22N2O2. The van der Waals surface area contributed by atoms with E-state index in [-0.39, 0.29) is 12.5 Å². The van der Waals surface area contributed by atoms with Crippen molar-refractivity contribution in [2.45, 2.75) is 45.4 Å². The molecule has 0 spiro atoms. The largest absolute Gasteiger partial charge is 0.368 e. The summed E-state index contributed by atoms with van der Waals surface area (Å²) < 4.78 is 0. The van der Waals surface area contributed by atoms with Crippen molar-refractivity contribution in [1.82, 2.24) is 4.90 Å². The first kappa shape index (κ1) is 14.6. The van der Waals surface area contributed by atoms with Gasteiger partial charge in [-0.2, -0.15) is 0 Å². The van der Waals surface area contributed by atoms with Crippen LogP contribution in [0, 0.1) is 17.8 Å². The quantitative estimate of drug-likeness (QED) is 0.747. The van der Waals surface area contributed by atoms with Gasteiger partial charge < -0.3 is 10.6 Å². The number of carbonyl (C=O) groups excluding carboxylic acids is 2. The average molecular weight is 250 g/mol. The van der Waals surface area contributed by atoms with Crippen LogP contribution >= 0.6 is 0 Å². The molecule has 2 amide bonds. The van der Waals surface area contributed by atoms with Gasteiger partial charge >= 0.3 is 0 Å². The van der Waals surface area contributed by atoms with Crippen LogP contribution in [0.1, 0.15) is 45.4 Å². The van der Waals surface area contributed by atoms with Crippen molar-refractivity contribution < 1.29 is 9.59 Å². The van der Waals surface area contributed by atoms with Crippen LogP contribution in [0.5, 0.6) is 0 Å². The monoisotopic (exact) mass is 250 g/mol. The molecule has 1 aliphatic carbocycles. The minimum absolute atomic E-state index is 0.0275. The number of rotatable bonds is 5. The number of amides is 2. The molecule has 1 rings (SSSR count). The third-order valence-corrected chi connectivity index (χ3v) is 3.40. The van der Waals surface area contributed by atoms with Crippen molar-refractivity contribution in [3.63, 3.8) is 0 Å². The molecule has 0 aromatic heterocycles. The van der Waals surface area contributed by atoms with Crippen molar-refractivity contribution in [2.24, 2.45) is 11.7 Å². The molecule has 1 aliphatic rings. The lowest BCUT2D eigenvalue weighted by Gasteiger charge is -2.25. The van der Waals surface area contributed by atoms with E-state index in [0.717, 1.165) is 6.42 Å². The van der Waals surface area contributed by atoms with Gasteiger partial charge in [-0.1, -0.05) is 38.0 Å². The molecular weight excluding hydrogens is 228 g/mol. The van der Waals surface area contributed by atoms with Crippen molar-refractivity contribution in [3.05, 3.63) is 0 Å². The van der Waals surface area contributed by atoms with E-state index in [0.29, 0.717) is 12.5 Å². The zero-order valence-corrected chi connectivity index (χ0v) is 11.1. The Morgan fingerprint density at radius 2 is 1.94 bits per heavy atom. The number of primary amides is 1. The van der Waals surface area contributed by atoms with Crippen molar-refractivity contribution in [1.29, 1.82) is 0 Å². The molecule has 4 nitrogen and oxygen atoms in total. The van der Waals surface area contributed by atoms with Crippen LogP contribution in [-0.4, -0.2) is 29.8 Å². The van der Waals surface area contributed by atoms with Gasteiger partial charge in [0.1, 0.15) is 6.54 Å². The molecule has 1 saturated carbocycles. The van der Waals surface area contributed by atoms with Crippen LogP contribution in [-0.2, 0) is 9.59 Å². The molecule has 0 heterocycles. The highest BCUT2D eigenvalue weighted by Crippen LogP contribution is 2.26. The molecule has 0 aromatic rings. The molecule has 0 bridgehead atoms. The van der Waals surface area contributed by atoms with Gasteiger partial charge in [0.15, 0.2) is 0 Å². The van der Waals surface area contributed by atoms with Gasteiger partial charge in [0.2, 0.25) is 5.91 Å². The van der Waals surface area contributed by atoms with E-state index in [4.69, 9.17) is 5.73 Å². The minimum atomic E-state index is -0.482. The van der Waals surface area contributed by atoms with E-state index >= 15 is 0 Å². The fraction of sp³-hybridized carbons (Fsp3) is 0.714. The number of hydrogen-bond acceptors (Lipinski definition) is 2. The summed E-state index contributed by atoms with van der Waals surface area (Å²) in [7, 11) is 0. The summed E-state index contributed by atoms with van der Waals surface area (Å²) in [6, 6.07) is 0. The third kappa shape index (κ3) is 5.22. The molecule has 0 aromatic carbocycles. The second-order valence-electron chi connectivity index (χ2n) is 4.86. The van der Waals surface area contributed by atoms with E-state index in [1.165, 1.54) is 37.0 Å². The van der Waals surface area contributed by atoms with Gasteiger partial charge in [-0.25, -0.2) is 0 Å². The van der Waals surface area contributed by atoms with Gasteiger partial charge in [0, 0.05) is 6.54 Å². The van der Waals surface area contributed by atoms with Crippen LogP contribution in [0.15, 0.2) is 0 Å². The highest BCUT2D eigenvalue weighted by atomic mass is 16.2. The lowest BCUT2D eigenvalue weighted by molar-refractivity contribution is -0.130. The fourth-order valence-corrected chi connectivity index (χ4v) is 2.44. The Morgan fingerprint density at radius 1 is 1.28 bits per heavy atom. The summed E-state index contributed by atoms with van der Waals surface area (Å²) in [5.41, 5.74) is 5.16. The summed E-state index contributed by atoms with van der Waals surface area (Å²) >= 11 is 0. The molecule has 1 fully saturated rings. The van der Waals surface area contributed by atoms with Crippen LogP contribution in [0.2, 0.25) is 0 Å². The molecule has 0 unspecified atom stereocenters.